The Labute approximate surface area is 178 Å². The standard InChI is InChI=1S/C26H32F2O2/c1-3-4-5-16-6-7-18-13-19(9-8-17(18)12-16)22-14-20-10-11-21(26(29)30-2)15-23(20)25(28)24(22)27/h10-11,14-19H,3-9,12-13H2,1-2H3/t16?,17-,18+,19?/m0/s1. The summed E-state index contributed by atoms with van der Waals surface area (Å²) in [4.78, 5) is 11.7. The Hall–Kier alpha value is -1.97. The lowest BCUT2D eigenvalue weighted by Gasteiger charge is -2.42. The van der Waals surface area contributed by atoms with E-state index in [9.17, 15) is 9.18 Å². The molecule has 2 aliphatic rings. The van der Waals surface area contributed by atoms with E-state index in [1.165, 1.54) is 51.7 Å². The van der Waals surface area contributed by atoms with Crippen LogP contribution in [0, 0.1) is 29.4 Å². The van der Waals surface area contributed by atoms with Crippen LogP contribution in [0.2, 0.25) is 0 Å². The molecule has 2 aliphatic carbocycles. The minimum Gasteiger partial charge on any atom is -0.465 e. The number of unbranched alkanes of at least 4 members (excludes halogenated alkanes) is 1. The van der Waals surface area contributed by atoms with Crippen LogP contribution in [0.5, 0.6) is 0 Å². The SMILES string of the molecule is CCCCC1CC[C@@H]2CC(c3cc4ccc(C(=O)OC)cc4c(F)c3F)CC[C@H]2C1. The normalized spacial score (nSPS) is 26.4. The topological polar surface area (TPSA) is 26.3 Å². The molecule has 162 valence electrons. The van der Waals surface area contributed by atoms with Crippen LogP contribution in [0.4, 0.5) is 8.78 Å². The van der Waals surface area contributed by atoms with Crippen LogP contribution in [0.3, 0.4) is 0 Å². The lowest BCUT2D eigenvalue weighted by molar-refractivity contribution is 0.0601. The van der Waals surface area contributed by atoms with E-state index in [1.807, 2.05) is 0 Å². The fraction of sp³-hybridized carbons (Fsp3) is 0.577. The molecule has 2 nitrogen and oxygen atoms in total. The van der Waals surface area contributed by atoms with Crippen molar-refractivity contribution in [1.82, 2.24) is 0 Å². The summed E-state index contributed by atoms with van der Waals surface area (Å²) < 4.78 is 34.7. The number of fused-ring (bicyclic) bond motifs is 2. The Morgan fingerprint density at radius 2 is 1.80 bits per heavy atom. The molecule has 2 aromatic rings. The van der Waals surface area contributed by atoms with Crippen molar-refractivity contribution in [2.45, 2.75) is 70.6 Å². The third-order valence-electron chi connectivity index (χ3n) is 7.60. The molecule has 4 atom stereocenters. The molecule has 30 heavy (non-hydrogen) atoms. The first-order valence-electron chi connectivity index (χ1n) is 11.5. The molecule has 0 bridgehead atoms. The number of rotatable bonds is 5. The van der Waals surface area contributed by atoms with Crippen LogP contribution >= 0.6 is 0 Å². The monoisotopic (exact) mass is 414 g/mol. The highest BCUT2D eigenvalue weighted by Gasteiger charge is 2.37. The van der Waals surface area contributed by atoms with Gasteiger partial charge in [-0.3, -0.25) is 0 Å². The number of halogens is 2. The Balaban J connectivity index is 1.54. The van der Waals surface area contributed by atoms with E-state index in [2.05, 4.69) is 6.92 Å². The summed E-state index contributed by atoms with van der Waals surface area (Å²) in [5.74, 6) is 0.199. The molecule has 0 saturated heterocycles. The van der Waals surface area contributed by atoms with E-state index >= 15 is 4.39 Å². The van der Waals surface area contributed by atoms with Crippen molar-refractivity contribution < 1.29 is 18.3 Å². The number of esters is 1. The number of benzene rings is 2. The summed E-state index contributed by atoms with van der Waals surface area (Å²) in [6.07, 6.45) is 10.8. The second kappa shape index (κ2) is 9.03. The van der Waals surface area contributed by atoms with E-state index in [-0.39, 0.29) is 16.9 Å². The highest BCUT2D eigenvalue weighted by Crippen LogP contribution is 2.49. The van der Waals surface area contributed by atoms with Gasteiger partial charge in [-0.25, -0.2) is 13.6 Å². The molecule has 2 unspecified atom stereocenters. The zero-order valence-electron chi connectivity index (χ0n) is 18.1. The Morgan fingerprint density at radius 3 is 2.57 bits per heavy atom. The van der Waals surface area contributed by atoms with Gasteiger partial charge in [0.15, 0.2) is 11.6 Å². The Morgan fingerprint density at radius 1 is 1.03 bits per heavy atom. The molecule has 4 rings (SSSR count). The molecule has 2 fully saturated rings. The first-order chi connectivity index (χ1) is 14.5. The predicted molar refractivity (Wildman–Crippen MR) is 116 cm³/mol. The fourth-order valence-electron chi connectivity index (χ4n) is 5.91. The first-order valence-corrected chi connectivity index (χ1v) is 11.5. The van der Waals surface area contributed by atoms with Crippen LogP contribution in [0.25, 0.3) is 10.8 Å². The maximum absolute atomic E-state index is 15.1. The van der Waals surface area contributed by atoms with Gasteiger partial charge < -0.3 is 4.74 Å². The fourth-order valence-corrected chi connectivity index (χ4v) is 5.91. The highest BCUT2D eigenvalue weighted by atomic mass is 19.2. The van der Waals surface area contributed by atoms with Crippen molar-refractivity contribution in [3.05, 3.63) is 47.0 Å². The summed E-state index contributed by atoms with van der Waals surface area (Å²) >= 11 is 0. The summed E-state index contributed by atoms with van der Waals surface area (Å²) in [7, 11) is 1.28. The molecule has 2 saturated carbocycles. The minimum atomic E-state index is -0.848. The maximum Gasteiger partial charge on any atom is 0.337 e. The molecule has 0 aliphatic heterocycles. The smallest absolute Gasteiger partial charge is 0.337 e. The van der Waals surface area contributed by atoms with Gasteiger partial charge in [-0.1, -0.05) is 38.7 Å². The number of carbonyl (C=O) groups excluding carboxylic acids is 1. The van der Waals surface area contributed by atoms with Crippen LogP contribution < -0.4 is 0 Å². The quantitative estimate of drug-likeness (QED) is 0.477. The molecular formula is C26H32F2O2. The van der Waals surface area contributed by atoms with Crippen molar-refractivity contribution in [3.8, 4) is 0 Å². The van der Waals surface area contributed by atoms with E-state index in [0.717, 1.165) is 31.1 Å². The molecule has 0 aromatic heterocycles. The van der Waals surface area contributed by atoms with Gasteiger partial charge in [0, 0.05) is 5.39 Å². The zero-order chi connectivity index (χ0) is 21.3. The second-order valence-electron chi connectivity index (χ2n) is 9.37. The molecule has 0 amide bonds. The van der Waals surface area contributed by atoms with Crippen molar-refractivity contribution in [2.24, 2.45) is 17.8 Å². The number of carbonyl (C=O) groups is 1. The summed E-state index contributed by atoms with van der Waals surface area (Å²) in [6, 6.07) is 6.49. The summed E-state index contributed by atoms with van der Waals surface area (Å²) in [5.41, 5.74) is 0.744. The number of ether oxygens (including phenoxy) is 1. The van der Waals surface area contributed by atoms with Crippen LogP contribution in [0.15, 0.2) is 24.3 Å². The first kappa shape index (κ1) is 21.3. The zero-order valence-corrected chi connectivity index (χ0v) is 18.1. The molecular weight excluding hydrogens is 382 g/mol. The number of hydrogen-bond donors (Lipinski definition) is 0. The summed E-state index contributed by atoms with van der Waals surface area (Å²) in [6.45, 7) is 2.25. The molecule has 2 aromatic carbocycles. The average Bonchev–Trinajstić information content (AvgIpc) is 2.78. The van der Waals surface area contributed by atoms with Crippen molar-refractivity contribution >= 4 is 16.7 Å². The largest absolute Gasteiger partial charge is 0.465 e. The van der Waals surface area contributed by atoms with Gasteiger partial charge in [0.2, 0.25) is 0 Å². The molecule has 4 heteroatoms. The Bertz CT molecular complexity index is 923. The third kappa shape index (κ3) is 4.10. The van der Waals surface area contributed by atoms with E-state index in [0.29, 0.717) is 16.9 Å². The molecule has 0 N–H and O–H groups in total. The van der Waals surface area contributed by atoms with Crippen molar-refractivity contribution in [1.29, 1.82) is 0 Å². The van der Waals surface area contributed by atoms with Crippen LogP contribution in [-0.2, 0) is 4.74 Å². The van der Waals surface area contributed by atoms with E-state index in [4.69, 9.17) is 4.74 Å². The van der Waals surface area contributed by atoms with Crippen LogP contribution in [0.1, 0.15) is 86.6 Å². The van der Waals surface area contributed by atoms with Crippen molar-refractivity contribution in [2.75, 3.05) is 7.11 Å². The average molecular weight is 415 g/mol. The molecule has 0 heterocycles. The van der Waals surface area contributed by atoms with Gasteiger partial charge in [-0.15, -0.1) is 0 Å². The maximum atomic E-state index is 15.1. The third-order valence-corrected chi connectivity index (χ3v) is 7.60. The van der Waals surface area contributed by atoms with Gasteiger partial charge in [0.05, 0.1) is 12.7 Å². The molecule has 0 spiro atoms. The number of hydrogen-bond acceptors (Lipinski definition) is 2. The second-order valence-corrected chi connectivity index (χ2v) is 9.37. The van der Waals surface area contributed by atoms with Gasteiger partial charge >= 0.3 is 5.97 Å². The van der Waals surface area contributed by atoms with Gasteiger partial charge in [-0.2, -0.15) is 0 Å². The summed E-state index contributed by atoms with van der Waals surface area (Å²) in [5, 5.41) is 0.784. The van der Waals surface area contributed by atoms with Crippen molar-refractivity contribution in [3.63, 3.8) is 0 Å². The van der Waals surface area contributed by atoms with Gasteiger partial charge in [0.25, 0.3) is 0 Å². The van der Waals surface area contributed by atoms with E-state index in [1.54, 1.807) is 18.2 Å². The van der Waals surface area contributed by atoms with E-state index < -0.39 is 17.6 Å². The highest BCUT2D eigenvalue weighted by molar-refractivity contribution is 5.95. The lowest BCUT2D eigenvalue weighted by Crippen LogP contribution is -2.30. The van der Waals surface area contributed by atoms with Crippen LogP contribution in [-0.4, -0.2) is 13.1 Å². The Kier molecular flexibility index (Phi) is 6.40. The molecule has 0 radical (unpaired) electrons. The minimum absolute atomic E-state index is 0.0811. The number of methoxy groups -OCH3 is 1. The van der Waals surface area contributed by atoms with Gasteiger partial charge in [0.1, 0.15) is 0 Å². The lowest BCUT2D eigenvalue weighted by atomic mass is 9.63. The predicted octanol–water partition coefficient (Wildman–Crippen LogP) is 7.39. The van der Waals surface area contributed by atoms with Gasteiger partial charge in [-0.05, 0) is 84.9 Å².